The van der Waals surface area contributed by atoms with Gasteiger partial charge in [0.15, 0.2) is 6.61 Å². The molecule has 0 spiro atoms. The van der Waals surface area contributed by atoms with E-state index in [0.717, 1.165) is 16.0 Å². The molecule has 0 saturated heterocycles. The third-order valence-electron chi connectivity index (χ3n) is 5.54. The van der Waals surface area contributed by atoms with Crippen LogP contribution in [0.15, 0.2) is 42.5 Å². The molecule has 7 heteroatoms. The summed E-state index contributed by atoms with van der Waals surface area (Å²) < 4.78 is 5.24. The van der Waals surface area contributed by atoms with Crippen molar-refractivity contribution in [3.05, 3.63) is 64.7 Å². The number of anilines is 1. The summed E-state index contributed by atoms with van der Waals surface area (Å²) in [6.07, 6.45) is 0.544. The monoisotopic (exact) mass is 422 g/mol. The lowest BCUT2D eigenvalue weighted by molar-refractivity contribution is -0.152. The lowest BCUT2D eigenvalue weighted by Gasteiger charge is -2.28. The Hall–Kier alpha value is -3.48. The second kappa shape index (κ2) is 9.12. The van der Waals surface area contributed by atoms with E-state index in [1.807, 2.05) is 39.0 Å². The zero-order valence-electron chi connectivity index (χ0n) is 18.1. The van der Waals surface area contributed by atoms with E-state index in [1.165, 1.54) is 0 Å². The maximum atomic E-state index is 12.9. The molecular formula is C24H26N2O5. The van der Waals surface area contributed by atoms with E-state index < -0.39 is 36.3 Å². The number of carbonyl (C=O) groups excluding carboxylic acids is 4. The summed E-state index contributed by atoms with van der Waals surface area (Å²) in [7, 11) is 0. The number of imide groups is 1. The Balaban J connectivity index is 1.73. The number of esters is 1. The van der Waals surface area contributed by atoms with Crippen LogP contribution in [0.5, 0.6) is 0 Å². The first-order chi connectivity index (χ1) is 14.7. The Morgan fingerprint density at radius 3 is 2.23 bits per heavy atom. The van der Waals surface area contributed by atoms with Crippen LogP contribution in [0.1, 0.15) is 52.1 Å². The average Bonchev–Trinajstić information content (AvgIpc) is 3.00. The number of fused-ring (bicyclic) bond motifs is 1. The molecule has 0 aliphatic carbocycles. The van der Waals surface area contributed by atoms with Crippen LogP contribution in [0.25, 0.3) is 0 Å². The van der Waals surface area contributed by atoms with E-state index in [-0.39, 0.29) is 17.0 Å². The fourth-order valence-corrected chi connectivity index (χ4v) is 3.55. The SMILES string of the molecule is CC[C@H](C)[C@@H](C(=O)OCC(=O)Nc1cc(C)ccc1C)N1C(=O)c2ccccc2C1=O. The molecule has 2 aromatic rings. The summed E-state index contributed by atoms with van der Waals surface area (Å²) in [5, 5.41) is 2.73. The molecular weight excluding hydrogens is 396 g/mol. The van der Waals surface area contributed by atoms with Gasteiger partial charge in [0.2, 0.25) is 0 Å². The molecule has 162 valence electrons. The van der Waals surface area contributed by atoms with Crippen molar-refractivity contribution in [1.29, 1.82) is 0 Å². The van der Waals surface area contributed by atoms with E-state index in [0.29, 0.717) is 12.1 Å². The highest BCUT2D eigenvalue weighted by Gasteiger charge is 2.45. The van der Waals surface area contributed by atoms with E-state index in [2.05, 4.69) is 5.32 Å². The Morgan fingerprint density at radius 2 is 1.65 bits per heavy atom. The molecule has 0 bridgehead atoms. The number of amides is 3. The molecule has 0 saturated carbocycles. The minimum Gasteiger partial charge on any atom is -0.454 e. The largest absolute Gasteiger partial charge is 0.454 e. The number of rotatable bonds is 7. The maximum Gasteiger partial charge on any atom is 0.330 e. The highest BCUT2D eigenvalue weighted by molar-refractivity contribution is 6.22. The van der Waals surface area contributed by atoms with Crippen LogP contribution in [0.4, 0.5) is 5.69 Å². The first-order valence-corrected chi connectivity index (χ1v) is 10.2. The normalized spacial score (nSPS) is 14.8. The van der Waals surface area contributed by atoms with Gasteiger partial charge in [-0.2, -0.15) is 0 Å². The summed E-state index contributed by atoms with van der Waals surface area (Å²) in [6.45, 7) is 6.89. The summed E-state index contributed by atoms with van der Waals surface area (Å²) in [4.78, 5) is 51.9. The van der Waals surface area contributed by atoms with Gasteiger partial charge < -0.3 is 10.1 Å². The summed E-state index contributed by atoms with van der Waals surface area (Å²) >= 11 is 0. The van der Waals surface area contributed by atoms with Crippen molar-refractivity contribution >= 4 is 29.4 Å². The fourth-order valence-electron chi connectivity index (χ4n) is 3.55. The quantitative estimate of drug-likeness (QED) is 0.545. The number of benzene rings is 2. The van der Waals surface area contributed by atoms with Gasteiger partial charge in [0.25, 0.3) is 17.7 Å². The molecule has 0 fully saturated rings. The molecule has 7 nitrogen and oxygen atoms in total. The molecule has 2 atom stereocenters. The number of aryl methyl sites for hydroxylation is 2. The van der Waals surface area contributed by atoms with Crippen molar-refractivity contribution in [2.45, 2.75) is 40.2 Å². The molecule has 2 aromatic carbocycles. The topological polar surface area (TPSA) is 92.8 Å². The minimum absolute atomic E-state index is 0.265. The summed E-state index contributed by atoms with van der Waals surface area (Å²) in [5.74, 6) is -2.66. The fraction of sp³-hybridized carbons (Fsp3) is 0.333. The Bertz CT molecular complexity index is 1010. The molecule has 1 aliphatic rings. The molecule has 1 heterocycles. The summed E-state index contributed by atoms with van der Waals surface area (Å²) in [6, 6.07) is 11.0. The number of nitrogens with one attached hydrogen (secondary N) is 1. The molecule has 1 aliphatic heterocycles. The van der Waals surface area contributed by atoms with E-state index in [4.69, 9.17) is 4.74 Å². The van der Waals surface area contributed by atoms with Crippen molar-refractivity contribution in [2.75, 3.05) is 11.9 Å². The molecule has 1 N–H and O–H groups in total. The van der Waals surface area contributed by atoms with Crippen LogP contribution in [-0.4, -0.2) is 41.2 Å². The molecule has 0 radical (unpaired) electrons. The zero-order chi connectivity index (χ0) is 22.7. The third kappa shape index (κ3) is 4.50. The lowest BCUT2D eigenvalue weighted by atomic mass is 9.97. The standard InChI is InChI=1S/C24H26N2O5/c1-5-15(3)21(26-22(28)17-8-6-7-9-18(17)23(26)29)24(30)31-13-20(27)25-19-12-14(2)10-11-16(19)4/h6-12,15,21H,5,13H2,1-4H3,(H,25,27)/t15-,21-/m0/s1. The number of hydrogen-bond donors (Lipinski definition) is 1. The number of carbonyl (C=O) groups is 4. The molecule has 0 aromatic heterocycles. The first kappa shape index (κ1) is 22.2. The van der Waals surface area contributed by atoms with Crippen LogP contribution in [-0.2, 0) is 14.3 Å². The van der Waals surface area contributed by atoms with Crippen molar-refractivity contribution < 1.29 is 23.9 Å². The van der Waals surface area contributed by atoms with Gasteiger partial charge in [-0.3, -0.25) is 19.3 Å². The van der Waals surface area contributed by atoms with Crippen molar-refractivity contribution in [2.24, 2.45) is 5.92 Å². The number of ether oxygens (including phenoxy) is 1. The zero-order valence-corrected chi connectivity index (χ0v) is 18.1. The summed E-state index contributed by atoms with van der Waals surface area (Å²) in [5.41, 5.74) is 3.04. The van der Waals surface area contributed by atoms with Crippen LogP contribution in [0.3, 0.4) is 0 Å². The van der Waals surface area contributed by atoms with Gasteiger partial charge in [0.1, 0.15) is 6.04 Å². The molecule has 3 rings (SSSR count). The van der Waals surface area contributed by atoms with Crippen LogP contribution in [0.2, 0.25) is 0 Å². The predicted octanol–water partition coefficient (Wildman–Crippen LogP) is 3.50. The Morgan fingerprint density at radius 1 is 1.03 bits per heavy atom. The second-order valence-electron chi connectivity index (χ2n) is 7.83. The van der Waals surface area contributed by atoms with Crippen LogP contribution in [0, 0.1) is 19.8 Å². The molecule has 3 amide bonds. The van der Waals surface area contributed by atoms with E-state index >= 15 is 0 Å². The minimum atomic E-state index is -1.11. The highest BCUT2D eigenvalue weighted by atomic mass is 16.5. The van der Waals surface area contributed by atoms with Gasteiger partial charge in [-0.1, -0.05) is 44.5 Å². The Labute approximate surface area is 181 Å². The highest BCUT2D eigenvalue weighted by Crippen LogP contribution is 2.28. The lowest BCUT2D eigenvalue weighted by Crippen LogP contribution is -2.49. The van der Waals surface area contributed by atoms with E-state index in [1.54, 1.807) is 31.2 Å². The van der Waals surface area contributed by atoms with Crippen LogP contribution >= 0.6 is 0 Å². The maximum absolute atomic E-state index is 12.9. The van der Waals surface area contributed by atoms with Crippen molar-refractivity contribution in [3.63, 3.8) is 0 Å². The third-order valence-corrected chi connectivity index (χ3v) is 5.54. The van der Waals surface area contributed by atoms with Gasteiger partial charge in [-0.05, 0) is 49.1 Å². The predicted molar refractivity (Wildman–Crippen MR) is 116 cm³/mol. The smallest absolute Gasteiger partial charge is 0.330 e. The van der Waals surface area contributed by atoms with Gasteiger partial charge >= 0.3 is 5.97 Å². The molecule has 0 unspecified atom stereocenters. The number of hydrogen-bond acceptors (Lipinski definition) is 5. The van der Waals surface area contributed by atoms with Gasteiger partial charge in [-0.25, -0.2) is 4.79 Å². The van der Waals surface area contributed by atoms with Crippen LogP contribution < -0.4 is 5.32 Å². The molecule has 31 heavy (non-hydrogen) atoms. The van der Waals surface area contributed by atoms with Gasteiger partial charge in [-0.15, -0.1) is 0 Å². The van der Waals surface area contributed by atoms with Gasteiger partial charge in [0.05, 0.1) is 11.1 Å². The van der Waals surface area contributed by atoms with Crippen molar-refractivity contribution in [1.82, 2.24) is 4.90 Å². The van der Waals surface area contributed by atoms with E-state index in [9.17, 15) is 19.2 Å². The number of nitrogens with zero attached hydrogens (tertiary/aromatic N) is 1. The Kier molecular flexibility index (Phi) is 6.53. The second-order valence-corrected chi connectivity index (χ2v) is 7.83. The first-order valence-electron chi connectivity index (χ1n) is 10.2. The van der Waals surface area contributed by atoms with Gasteiger partial charge in [0, 0.05) is 5.69 Å². The van der Waals surface area contributed by atoms with Crippen molar-refractivity contribution in [3.8, 4) is 0 Å². The average molecular weight is 422 g/mol.